The summed E-state index contributed by atoms with van der Waals surface area (Å²) in [5.41, 5.74) is 0.433. The first kappa shape index (κ1) is 18.2. The number of aliphatic hydroxyl groups excluding tert-OH is 1. The molecule has 0 radical (unpaired) electrons. The summed E-state index contributed by atoms with van der Waals surface area (Å²) in [5.74, 6) is -1.19. The first-order valence-electron chi connectivity index (χ1n) is 8.12. The molecule has 1 aliphatic rings. The fourth-order valence-corrected chi connectivity index (χ4v) is 3.05. The maximum atomic E-state index is 12.7. The van der Waals surface area contributed by atoms with Crippen LogP contribution < -0.4 is 0 Å². The van der Waals surface area contributed by atoms with E-state index in [1.165, 1.54) is 11.2 Å². The summed E-state index contributed by atoms with van der Waals surface area (Å²) in [5, 5.41) is 11.3. The van der Waals surface area contributed by atoms with Crippen molar-refractivity contribution in [1.82, 2.24) is 9.80 Å². The third kappa shape index (κ3) is 3.38. The molecule has 0 bridgehead atoms. The largest absolute Gasteiger partial charge is 0.507 e. The third-order valence-corrected chi connectivity index (χ3v) is 4.51. The number of amides is 1. The lowest BCUT2D eigenvalue weighted by molar-refractivity contribution is -0.140. The van der Waals surface area contributed by atoms with Gasteiger partial charge in [-0.3, -0.25) is 9.59 Å². The molecule has 2 aromatic rings. The Morgan fingerprint density at radius 2 is 1.92 bits per heavy atom. The predicted octanol–water partition coefficient (Wildman–Crippen LogP) is 2.92. The Kier molecular flexibility index (Phi) is 5.15. The lowest BCUT2D eigenvalue weighted by atomic mass is 9.99. The standard InChI is InChI=1S/C19H19ClN2O4/c1-21(2)9-10-22-16(14-4-3-11-26-14)15(18(24)19(22)25)17(23)12-5-7-13(20)8-6-12/h3-8,11,16,23H,9-10H2,1-2H3/b17-15+/t16-/m0/s1. The highest BCUT2D eigenvalue weighted by atomic mass is 35.5. The molecular formula is C19H19ClN2O4. The average molecular weight is 375 g/mol. The number of Topliss-reactive ketones (excluding diaryl/α,β-unsaturated/α-hetero) is 1. The van der Waals surface area contributed by atoms with Crippen molar-refractivity contribution in [2.75, 3.05) is 27.2 Å². The zero-order valence-electron chi connectivity index (χ0n) is 14.5. The molecule has 0 saturated carbocycles. The topological polar surface area (TPSA) is 74.0 Å². The van der Waals surface area contributed by atoms with E-state index in [4.69, 9.17) is 16.0 Å². The molecule has 0 spiro atoms. The number of carbonyl (C=O) groups is 2. The summed E-state index contributed by atoms with van der Waals surface area (Å²) in [7, 11) is 3.76. The molecule has 1 fully saturated rings. The van der Waals surface area contributed by atoms with Gasteiger partial charge in [0.05, 0.1) is 11.8 Å². The molecule has 136 valence electrons. The molecule has 1 aromatic heterocycles. The van der Waals surface area contributed by atoms with Gasteiger partial charge in [0.2, 0.25) is 0 Å². The molecule has 1 saturated heterocycles. The van der Waals surface area contributed by atoms with Crippen molar-refractivity contribution < 1.29 is 19.1 Å². The Hall–Kier alpha value is -2.57. The van der Waals surface area contributed by atoms with E-state index in [-0.39, 0.29) is 11.3 Å². The van der Waals surface area contributed by atoms with Crippen LogP contribution in [0.4, 0.5) is 0 Å². The van der Waals surface area contributed by atoms with Gasteiger partial charge in [0, 0.05) is 23.7 Å². The number of nitrogens with zero attached hydrogens (tertiary/aromatic N) is 2. The van der Waals surface area contributed by atoms with Crippen molar-refractivity contribution in [3.63, 3.8) is 0 Å². The predicted molar refractivity (Wildman–Crippen MR) is 97.7 cm³/mol. The van der Waals surface area contributed by atoms with E-state index in [2.05, 4.69) is 0 Å². The Morgan fingerprint density at radius 1 is 1.23 bits per heavy atom. The molecule has 1 amide bonds. The Bertz CT molecular complexity index is 841. The number of rotatable bonds is 5. The van der Waals surface area contributed by atoms with E-state index in [1.807, 2.05) is 19.0 Å². The van der Waals surface area contributed by atoms with Crippen LogP contribution in [0.15, 0.2) is 52.7 Å². The van der Waals surface area contributed by atoms with Crippen LogP contribution in [0.5, 0.6) is 0 Å². The van der Waals surface area contributed by atoms with E-state index in [0.29, 0.717) is 29.4 Å². The molecule has 0 unspecified atom stereocenters. The van der Waals surface area contributed by atoms with Crippen LogP contribution in [0.25, 0.3) is 5.76 Å². The van der Waals surface area contributed by atoms with Gasteiger partial charge in [-0.2, -0.15) is 0 Å². The van der Waals surface area contributed by atoms with Crippen molar-refractivity contribution in [3.8, 4) is 0 Å². The second-order valence-corrected chi connectivity index (χ2v) is 6.75. The fourth-order valence-electron chi connectivity index (χ4n) is 2.92. The van der Waals surface area contributed by atoms with Gasteiger partial charge in [-0.05, 0) is 50.5 Å². The van der Waals surface area contributed by atoms with Gasteiger partial charge in [0.15, 0.2) is 0 Å². The number of furan rings is 1. The average Bonchev–Trinajstić information content (AvgIpc) is 3.21. The minimum Gasteiger partial charge on any atom is -0.507 e. The van der Waals surface area contributed by atoms with Gasteiger partial charge < -0.3 is 19.3 Å². The number of halogens is 1. The van der Waals surface area contributed by atoms with Gasteiger partial charge in [0.1, 0.15) is 17.6 Å². The SMILES string of the molecule is CN(C)CCN1C(=O)C(=O)/C(=C(/O)c2ccc(Cl)cc2)[C@@H]1c1ccco1. The lowest BCUT2D eigenvalue weighted by Crippen LogP contribution is -2.35. The zero-order chi connectivity index (χ0) is 18.8. The van der Waals surface area contributed by atoms with E-state index in [0.717, 1.165) is 0 Å². The van der Waals surface area contributed by atoms with E-state index in [1.54, 1.807) is 36.4 Å². The number of likely N-dealkylation sites (tertiary alicyclic amines) is 1. The van der Waals surface area contributed by atoms with Crippen LogP contribution in [-0.4, -0.2) is 53.8 Å². The third-order valence-electron chi connectivity index (χ3n) is 4.26. The van der Waals surface area contributed by atoms with Crippen LogP contribution in [-0.2, 0) is 9.59 Å². The Balaban J connectivity index is 2.09. The molecule has 1 atom stereocenters. The normalized spacial score (nSPS) is 19.5. The maximum absolute atomic E-state index is 12.7. The zero-order valence-corrected chi connectivity index (χ0v) is 15.2. The molecule has 1 aromatic carbocycles. The minimum atomic E-state index is -0.763. The van der Waals surface area contributed by atoms with Crippen molar-refractivity contribution >= 4 is 29.1 Å². The molecule has 2 heterocycles. The quantitative estimate of drug-likeness (QED) is 0.495. The second kappa shape index (κ2) is 7.35. The van der Waals surface area contributed by atoms with E-state index >= 15 is 0 Å². The van der Waals surface area contributed by atoms with Crippen molar-refractivity contribution in [2.45, 2.75) is 6.04 Å². The molecule has 1 N–H and O–H groups in total. The summed E-state index contributed by atoms with van der Waals surface area (Å²) >= 11 is 5.89. The Labute approximate surface area is 156 Å². The van der Waals surface area contributed by atoms with Crippen LogP contribution in [0.1, 0.15) is 17.4 Å². The lowest BCUT2D eigenvalue weighted by Gasteiger charge is -2.24. The van der Waals surface area contributed by atoms with Crippen molar-refractivity contribution in [3.05, 3.63) is 64.6 Å². The number of aliphatic hydroxyl groups is 1. The summed E-state index contributed by atoms with van der Waals surface area (Å²) in [6, 6.07) is 9.04. The highest BCUT2D eigenvalue weighted by Crippen LogP contribution is 2.39. The highest BCUT2D eigenvalue weighted by molar-refractivity contribution is 6.46. The van der Waals surface area contributed by atoms with Crippen LogP contribution >= 0.6 is 11.6 Å². The molecule has 26 heavy (non-hydrogen) atoms. The van der Waals surface area contributed by atoms with Crippen LogP contribution in [0, 0.1) is 0 Å². The number of carbonyl (C=O) groups excluding carboxylic acids is 2. The van der Waals surface area contributed by atoms with Gasteiger partial charge in [-0.15, -0.1) is 0 Å². The van der Waals surface area contributed by atoms with Gasteiger partial charge in [-0.25, -0.2) is 0 Å². The van der Waals surface area contributed by atoms with Gasteiger partial charge in [-0.1, -0.05) is 11.6 Å². The smallest absolute Gasteiger partial charge is 0.295 e. The number of hydrogen-bond acceptors (Lipinski definition) is 5. The molecule has 1 aliphatic heterocycles. The number of likely N-dealkylation sites (N-methyl/N-ethyl adjacent to an activating group) is 1. The molecule has 0 aliphatic carbocycles. The molecule has 7 heteroatoms. The summed E-state index contributed by atoms with van der Waals surface area (Å²) in [6.07, 6.45) is 1.48. The number of hydrogen-bond donors (Lipinski definition) is 1. The van der Waals surface area contributed by atoms with Crippen LogP contribution in [0.2, 0.25) is 5.02 Å². The maximum Gasteiger partial charge on any atom is 0.295 e. The van der Waals surface area contributed by atoms with Crippen LogP contribution in [0.3, 0.4) is 0 Å². The first-order valence-corrected chi connectivity index (χ1v) is 8.50. The molecule has 6 nitrogen and oxygen atoms in total. The molecular weight excluding hydrogens is 356 g/mol. The monoisotopic (exact) mass is 374 g/mol. The number of ketones is 1. The van der Waals surface area contributed by atoms with Crippen molar-refractivity contribution in [1.29, 1.82) is 0 Å². The minimum absolute atomic E-state index is 0.0195. The first-order chi connectivity index (χ1) is 12.4. The summed E-state index contributed by atoms with van der Waals surface area (Å²) in [4.78, 5) is 28.6. The van der Waals surface area contributed by atoms with Gasteiger partial charge >= 0.3 is 0 Å². The summed E-state index contributed by atoms with van der Waals surface area (Å²) < 4.78 is 5.46. The Morgan fingerprint density at radius 3 is 2.50 bits per heavy atom. The number of benzene rings is 1. The van der Waals surface area contributed by atoms with Gasteiger partial charge in [0.25, 0.3) is 11.7 Å². The fraction of sp³-hybridized carbons (Fsp3) is 0.263. The van der Waals surface area contributed by atoms with E-state index in [9.17, 15) is 14.7 Å². The van der Waals surface area contributed by atoms with Crippen molar-refractivity contribution in [2.24, 2.45) is 0 Å². The molecule has 3 rings (SSSR count). The second-order valence-electron chi connectivity index (χ2n) is 6.32. The highest BCUT2D eigenvalue weighted by Gasteiger charge is 2.47. The van der Waals surface area contributed by atoms with E-state index < -0.39 is 17.7 Å². The summed E-state index contributed by atoms with van der Waals surface area (Å²) in [6.45, 7) is 0.908.